The summed E-state index contributed by atoms with van der Waals surface area (Å²) in [6.07, 6.45) is 3.56. The number of sulfonamides is 1. The molecule has 2 aromatic rings. The lowest BCUT2D eigenvalue weighted by Crippen LogP contribution is -2.19. The first-order valence-corrected chi connectivity index (χ1v) is 12.7. The third-order valence-corrected chi connectivity index (χ3v) is 6.54. The fraction of sp³-hybridized carbons (Fsp3) is 0.364. The normalized spacial score (nSPS) is 11.3. The number of nitrogens with one attached hydrogen (secondary N) is 2. The van der Waals surface area contributed by atoms with Crippen LogP contribution in [0.5, 0.6) is 0 Å². The summed E-state index contributed by atoms with van der Waals surface area (Å²) < 4.78 is 33.3. The molecule has 0 aromatic heterocycles. The molecule has 0 atom stereocenters. The molecule has 0 unspecified atom stereocenters. The molecular weight excluding hydrogens is 436 g/mol. The Bertz CT molecular complexity index is 1020. The number of rotatable bonds is 10. The Morgan fingerprint density at radius 1 is 1.10 bits per heavy atom. The number of carbonyl (C=O) groups excluding carboxylic acids is 2. The van der Waals surface area contributed by atoms with Crippen LogP contribution < -0.4 is 10.0 Å². The zero-order chi connectivity index (χ0) is 23.0. The maximum absolute atomic E-state index is 12.8. The van der Waals surface area contributed by atoms with E-state index in [9.17, 15) is 18.0 Å². The van der Waals surface area contributed by atoms with Gasteiger partial charge in [0.15, 0.2) is 0 Å². The molecular formula is C22H28N2O5S2. The SMILES string of the molecule is CCCCOC(=O)c1ccc(NS(=O)(=O)c2ccc(SC)c(NC(=O)C(C)C)c2)cc1. The molecule has 0 aliphatic carbocycles. The molecule has 0 aliphatic rings. The summed E-state index contributed by atoms with van der Waals surface area (Å²) in [7, 11) is -3.89. The Labute approximate surface area is 188 Å². The zero-order valence-corrected chi connectivity index (χ0v) is 19.7. The number of ether oxygens (including phenoxy) is 1. The third kappa shape index (κ3) is 7.00. The molecule has 31 heavy (non-hydrogen) atoms. The summed E-state index contributed by atoms with van der Waals surface area (Å²) in [6.45, 7) is 5.88. The number of hydrogen-bond donors (Lipinski definition) is 2. The molecule has 1 amide bonds. The minimum Gasteiger partial charge on any atom is -0.462 e. The van der Waals surface area contributed by atoms with Gasteiger partial charge in [0.25, 0.3) is 10.0 Å². The fourth-order valence-electron chi connectivity index (χ4n) is 2.51. The van der Waals surface area contributed by atoms with E-state index in [2.05, 4.69) is 10.0 Å². The summed E-state index contributed by atoms with van der Waals surface area (Å²) >= 11 is 1.41. The lowest BCUT2D eigenvalue weighted by atomic mass is 10.2. The summed E-state index contributed by atoms with van der Waals surface area (Å²) in [5.74, 6) is -0.875. The maximum Gasteiger partial charge on any atom is 0.338 e. The van der Waals surface area contributed by atoms with Gasteiger partial charge in [-0.25, -0.2) is 13.2 Å². The molecule has 0 spiro atoms. The average Bonchev–Trinajstić information content (AvgIpc) is 2.74. The largest absolute Gasteiger partial charge is 0.462 e. The lowest BCUT2D eigenvalue weighted by Gasteiger charge is -2.14. The Hall–Kier alpha value is -2.52. The quantitative estimate of drug-likeness (QED) is 0.299. The highest BCUT2D eigenvalue weighted by molar-refractivity contribution is 7.98. The Morgan fingerprint density at radius 3 is 2.35 bits per heavy atom. The fourth-order valence-corrected chi connectivity index (χ4v) is 4.13. The van der Waals surface area contributed by atoms with Crippen LogP contribution in [0.1, 0.15) is 44.0 Å². The van der Waals surface area contributed by atoms with Crippen LogP contribution >= 0.6 is 11.8 Å². The first-order chi connectivity index (χ1) is 14.7. The van der Waals surface area contributed by atoms with Crippen molar-refractivity contribution in [3.05, 3.63) is 48.0 Å². The van der Waals surface area contributed by atoms with E-state index in [1.807, 2.05) is 13.2 Å². The van der Waals surface area contributed by atoms with Crippen molar-refractivity contribution in [1.82, 2.24) is 0 Å². The molecule has 7 nitrogen and oxygen atoms in total. The predicted octanol–water partition coefficient (Wildman–Crippen LogP) is 4.76. The number of anilines is 2. The van der Waals surface area contributed by atoms with Crippen LogP contribution in [0.3, 0.4) is 0 Å². The molecule has 0 aliphatic heterocycles. The van der Waals surface area contributed by atoms with Crippen molar-refractivity contribution >= 4 is 45.0 Å². The van der Waals surface area contributed by atoms with Crippen LogP contribution in [-0.2, 0) is 19.6 Å². The smallest absolute Gasteiger partial charge is 0.338 e. The van der Waals surface area contributed by atoms with E-state index in [0.717, 1.165) is 17.7 Å². The van der Waals surface area contributed by atoms with Gasteiger partial charge in [-0.05, 0) is 55.1 Å². The van der Waals surface area contributed by atoms with Crippen molar-refractivity contribution in [3.8, 4) is 0 Å². The number of hydrogen-bond acceptors (Lipinski definition) is 6. The topological polar surface area (TPSA) is 102 Å². The second kappa shape index (κ2) is 11.2. The molecule has 0 bridgehead atoms. The van der Waals surface area contributed by atoms with Gasteiger partial charge in [-0.1, -0.05) is 27.2 Å². The molecule has 0 radical (unpaired) electrons. The van der Waals surface area contributed by atoms with Crippen molar-refractivity contribution in [2.75, 3.05) is 22.9 Å². The minimum atomic E-state index is -3.89. The Kier molecular flexibility index (Phi) is 8.94. The van der Waals surface area contributed by atoms with Gasteiger partial charge in [0, 0.05) is 16.5 Å². The monoisotopic (exact) mass is 464 g/mol. The first-order valence-electron chi connectivity index (χ1n) is 9.96. The molecule has 0 saturated heterocycles. The van der Waals surface area contributed by atoms with Gasteiger partial charge in [0.1, 0.15) is 0 Å². The van der Waals surface area contributed by atoms with Crippen LogP contribution in [-0.4, -0.2) is 33.2 Å². The van der Waals surface area contributed by atoms with E-state index in [-0.39, 0.29) is 16.7 Å². The van der Waals surface area contributed by atoms with E-state index in [1.54, 1.807) is 19.9 Å². The highest BCUT2D eigenvalue weighted by Gasteiger charge is 2.18. The second-order valence-corrected chi connectivity index (χ2v) is 9.71. The third-order valence-electron chi connectivity index (χ3n) is 4.37. The molecule has 2 N–H and O–H groups in total. The number of amides is 1. The first kappa shape index (κ1) is 24.7. The number of carbonyl (C=O) groups is 2. The second-order valence-electron chi connectivity index (χ2n) is 7.18. The van der Waals surface area contributed by atoms with Crippen molar-refractivity contribution < 1.29 is 22.7 Å². The van der Waals surface area contributed by atoms with Gasteiger partial charge in [0.2, 0.25) is 5.91 Å². The van der Waals surface area contributed by atoms with Crippen molar-refractivity contribution in [2.45, 2.75) is 43.4 Å². The number of thioether (sulfide) groups is 1. The van der Waals surface area contributed by atoms with Gasteiger partial charge in [-0.2, -0.15) is 0 Å². The van der Waals surface area contributed by atoms with Crippen molar-refractivity contribution in [1.29, 1.82) is 0 Å². The van der Waals surface area contributed by atoms with E-state index < -0.39 is 16.0 Å². The van der Waals surface area contributed by atoms with Gasteiger partial charge >= 0.3 is 5.97 Å². The van der Waals surface area contributed by atoms with E-state index in [4.69, 9.17) is 4.74 Å². The van der Waals surface area contributed by atoms with Crippen LogP contribution in [0, 0.1) is 5.92 Å². The molecule has 0 saturated carbocycles. The zero-order valence-electron chi connectivity index (χ0n) is 18.1. The number of esters is 1. The highest BCUT2D eigenvalue weighted by atomic mass is 32.2. The number of benzene rings is 2. The molecule has 9 heteroatoms. The van der Waals surface area contributed by atoms with Crippen molar-refractivity contribution in [3.63, 3.8) is 0 Å². The summed E-state index contributed by atoms with van der Waals surface area (Å²) in [5, 5.41) is 2.77. The van der Waals surface area contributed by atoms with Crippen LogP contribution in [0.2, 0.25) is 0 Å². The summed E-state index contributed by atoms with van der Waals surface area (Å²) in [6, 6.07) is 10.6. The van der Waals surface area contributed by atoms with E-state index in [1.165, 1.54) is 48.2 Å². The van der Waals surface area contributed by atoms with Gasteiger partial charge < -0.3 is 10.1 Å². The molecule has 2 aromatic carbocycles. The van der Waals surface area contributed by atoms with Gasteiger partial charge in [0.05, 0.1) is 22.8 Å². The Morgan fingerprint density at radius 2 is 1.77 bits per heavy atom. The summed E-state index contributed by atoms with van der Waals surface area (Å²) in [5.41, 5.74) is 1.10. The standard InChI is InChI=1S/C22H28N2O5S2/c1-5-6-13-29-22(26)16-7-9-17(10-8-16)24-31(27,28)18-11-12-20(30-4)19(14-18)23-21(25)15(2)3/h7-12,14-15,24H,5-6,13H2,1-4H3,(H,23,25). The lowest BCUT2D eigenvalue weighted by molar-refractivity contribution is -0.118. The average molecular weight is 465 g/mol. The highest BCUT2D eigenvalue weighted by Crippen LogP contribution is 2.29. The number of unbranched alkanes of at least 4 members (excludes halogenated alkanes) is 1. The Balaban J connectivity index is 2.18. The van der Waals surface area contributed by atoms with Crippen molar-refractivity contribution in [2.24, 2.45) is 5.92 Å². The maximum atomic E-state index is 12.8. The van der Waals surface area contributed by atoms with Crippen LogP contribution in [0.15, 0.2) is 52.3 Å². The predicted molar refractivity (Wildman–Crippen MR) is 124 cm³/mol. The molecule has 0 heterocycles. The van der Waals surface area contributed by atoms with Crippen LogP contribution in [0.4, 0.5) is 11.4 Å². The minimum absolute atomic E-state index is 0.0207. The summed E-state index contributed by atoms with van der Waals surface area (Å²) in [4.78, 5) is 24.8. The molecule has 0 fully saturated rings. The van der Waals surface area contributed by atoms with Gasteiger partial charge in [-0.15, -0.1) is 11.8 Å². The van der Waals surface area contributed by atoms with Gasteiger partial charge in [-0.3, -0.25) is 9.52 Å². The van der Waals surface area contributed by atoms with E-state index in [0.29, 0.717) is 23.5 Å². The molecule has 168 valence electrons. The molecule has 2 rings (SSSR count). The van der Waals surface area contributed by atoms with Crippen LogP contribution in [0.25, 0.3) is 0 Å². The van der Waals surface area contributed by atoms with E-state index >= 15 is 0 Å².